The number of amides is 2. The highest BCUT2D eigenvalue weighted by molar-refractivity contribution is 5.88. The highest BCUT2D eigenvalue weighted by Crippen LogP contribution is 2.10. The van der Waals surface area contributed by atoms with E-state index >= 15 is 0 Å². The molecule has 2 amide bonds. The van der Waals surface area contributed by atoms with Crippen LogP contribution in [0.5, 0.6) is 0 Å². The smallest absolute Gasteiger partial charge is 0.245 e. The summed E-state index contributed by atoms with van der Waals surface area (Å²) in [5.41, 5.74) is 0. The van der Waals surface area contributed by atoms with Crippen molar-refractivity contribution < 1.29 is 14.3 Å². The normalized spacial score (nSPS) is 25.7. The highest BCUT2D eigenvalue weighted by Gasteiger charge is 2.27. The Bertz CT molecular complexity index is 323. The fourth-order valence-electron chi connectivity index (χ4n) is 2.53. The summed E-state index contributed by atoms with van der Waals surface area (Å²) in [6.07, 6.45) is 1.92. The van der Waals surface area contributed by atoms with Crippen molar-refractivity contribution in [2.75, 3.05) is 39.4 Å². The Morgan fingerprint density at radius 3 is 2.74 bits per heavy atom. The maximum absolute atomic E-state index is 12.2. The van der Waals surface area contributed by atoms with Crippen molar-refractivity contribution in [2.24, 2.45) is 5.92 Å². The molecule has 2 heterocycles. The third kappa shape index (κ3) is 3.91. The molecule has 0 aromatic heterocycles. The Morgan fingerprint density at radius 2 is 2.11 bits per heavy atom. The van der Waals surface area contributed by atoms with E-state index in [1.807, 2.05) is 0 Å². The van der Waals surface area contributed by atoms with Gasteiger partial charge in [0, 0.05) is 19.6 Å². The van der Waals surface area contributed by atoms with E-state index in [2.05, 4.69) is 10.6 Å². The lowest BCUT2D eigenvalue weighted by atomic mass is 9.98. The minimum Gasteiger partial charge on any atom is -0.378 e. The molecule has 0 spiro atoms. The van der Waals surface area contributed by atoms with Gasteiger partial charge in [-0.15, -0.1) is 0 Å². The number of carbonyl (C=O) groups is 2. The third-order valence-corrected chi connectivity index (χ3v) is 3.72. The lowest BCUT2D eigenvalue weighted by Crippen LogP contribution is -2.52. The molecule has 2 aliphatic heterocycles. The van der Waals surface area contributed by atoms with Crippen molar-refractivity contribution in [2.45, 2.75) is 25.8 Å². The van der Waals surface area contributed by atoms with Crippen molar-refractivity contribution in [1.82, 2.24) is 15.5 Å². The molecule has 2 saturated heterocycles. The number of rotatable bonds is 3. The summed E-state index contributed by atoms with van der Waals surface area (Å²) >= 11 is 0. The molecule has 0 aromatic carbocycles. The zero-order chi connectivity index (χ0) is 13.7. The number of hydrogen-bond acceptors (Lipinski definition) is 4. The van der Waals surface area contributed by atoms with E-state index in [1.54, 1.807) is 11.8 Å². The van der Waals surface area contributed by atoms with Gasteiger partial charge in [-0.3, -0.25) is 9.59 Å². The van der Waals surface area contributed by atoms with Crippen molar-refractivity contribution in [3.05, 3.63) is 0 Å². The van der Waals surface area contributed by atoms with Crippen LogP contribution in [0.25, 0.3) is 0 Å². The first-order valence-electron chi connectivity index (χ1n) is 7.06. The Balaban J connectivity index is 1.80. The lowest BCUT2D eigenvalue weighted by molar-refractivity contribution is -0.140. The van der Waals surface area contributed by atoms with Crippen LogP contribution in [0.1, 0.15) is 19.8 Å². The average molecular weight is 269 g/mol. The standard InChI is InChI=1S/C13H23N3O3/c1-10(13(18)16-5-7-19-8-6-16)15-12(17)11-3-2-4-14-9-11/h10-11,14H,2-9H2,1H3,(H,15,17)/t10?,11-/m0/s1. The molecule has 6 heteroatoms. The fraction of sp³-hybridized carbons (Fsp3) is 0.846. The van der Waals surface area contributed by atoms with E-state index in [0.717, 1.165) is 19.4 Å². The van der Waals surface area contributed by atoms with Crippen LogP contribution >= 0.6 is 0 Å². The molecule has 2 N–H and O–H groups in total. The summed E-state index contributed by atoms with van der Waals surface area (Å²) in [6, 6.07) is -0.451. The molecule has 0 aliphatic carbocycles. The summed E-state index contributed by atoms with van der Waals surface area (Å²) in [6.45, 7) is 5.84. The van der Waals surface area contributed by atoms with Crippen LogP contribution in [0.2, 0.25) is 0 Å². The minimum atomic E-state index is -0.451. The molecule has 0 bridgehead atoms. The third-order valence-electron chi connectivity index (χ3n) is 3.72. The van der Waals surface area contributed by atoms with Crippen molar-refractivity contribution in [3.63, 3.8) is 0 Å². The van der Waals surface area contributed by atoms with Crippen molar-refractivity contribution >= 4 is 11.8 Å². The first-order valence-corrected chi connectivity index (χ1v) is 7.06. The van der Waals surface area contributed by atoms with Gasteiger partial charge in [-0.1, -0.05) is 0 Å². The number of nitrogens with one attached hydrogen (secondary N) is 2. The van der Waals surface area contributed by atoms with Gasteiger partial charge >= 0.3 is 0 Å². The van der Waals surface area contributed by atoms with Gasteiger partial charge in [0.25, 0.3) is 0 Å². The molecule has 0 radical (unpaired) electrons. The van der Waals surface area contributed by atoms with Gasteiger partial charge in [0.1, 0.15) is 6.04 Å². The van der Waals surface area contributed by atoms with Crippen LogP contribution in [-0.2, 0) is 14.3 Å². The first kappa shape index (κ1) is 14.3. The van der Waals surface area contributed by atoms with E-state index < -0.39 is 6.04 Å². The second-order valence-corrected chi connectivity index (χ2v) is 5.21. The number of morpholine rings is 1. The molecule has 0 saturated carbocycles. The Morgan fingerprint density at radius 1 is 1.37 bits per heavy atom. The summed E-state index contributed by atoms with van der Waals surface area (Å²) in [7, 11) is 0. The summed E-state index contributed by atoms with van der Waals surface area (Å²) in [5.74, 6) is -0.0320. The van der Waals surface area contributed by atoms with E-state index in [9.17, 15) is 9.59 Å². The molecular formula is C13H23N3O3. The molecule has 1 unspecified atom stereocenters. The van der Waals surface area contributed by atoms with Crippen LogP contribution < -0.4 is 10.6 Å². The lowest BCUT2D eigenvalue weighted by Gasteiger charge is -2.30. The fourth-order valence-corrected chi connectivity index (χ4v) is 2.53. The zero-order valence-corrected chi connectivity index (χ0v) is 11.5. The molecular weight excluding hydrogens is 246 g/mol. The molecule has 108 valence electrons. The predicted octanol–water partition coefficient (Wildman–Crippen LogP) is -0.650. The predicted molar refractivity (Wildman–Crippen MR) is 70.6 cm³/mol. The van der Waals surface area contributed by atoms with Gasteiger partial charge in [-0.2, -0.15) is 0 Å². The molecule has 2 aliphatic rings. The van der Waals surface area contributed by atoms with Crippen molar-refractivity contribution in [1.29, 1.82) is 0 Å². The number of ether oxygens (including phenoxy) is 1. The Hall–Kier alpha value is -1.14. The van der Waals surface area contributed by atoms with Crippen molar-refractivity contribution in [3.8, 4) is 0 Å². The number of carbonyl (C=O) groups excluding carboxylic acids is 2. The monoisotopic (exact) mass is 269 g/mol. The maximum atomic E-state index is 12.2. The minimum absolute atomic E-state index is 0.00584. The van der Waals surface area contributed by atoms with Crippen LogP contribution in [0.3, 0.4) is 0 Å². The average Bonchev–Trinajstić information content (AvgIpc) is 2.48. The molecule has 19 heavy (non-hydrogen) atoms. The van der Waals surface area contributed by atoms with Gasteiger partial charge in [-0.05, 0) is 26.3 Å². The molecule has 0 aromatic rings. The Labute approximate surface area is 113 Å². The molecule has 6 nitrogen and oxygen atoms in total. The quantitative estimate of drug-likeness (QED) is 0.714. The zero-order valence-electron chi connectivity index (χ0n) is 11.5. The number of hydrogen-bond donors (Lipinski definition) is 2. The molecule has 2 atom stereocenters. The van der Waals surface area contributed by atoms with E-state index in [1.165, 1.54) is 0 Å². The number of nitrogens with zero attached hydrogens (tertiary/aromatic N) is 1. The van der Waals surface area contributed by atoms with E-state index in [4.69, 9.17) is 4.74 Å². The topological polar surface area (TPSA) is 70.7 Å². The van der Waals surface area contributed by atoms with Gasteiger partial charge in [0.2, 0.25) is 11.8 Å². The Kier molecular flexibility index (Phi) is 5.15. The highest BCUT2D eigenvalue weighted by atomic mass is 16.5. The first-order chi connectivity index (χ1) is 9.18. The van der Waals surface area contributed by atoms with Gasteiger partial charge < -0.3 is 20.3 Å². The van der Waals surface area contributed by atoms with Gasteiger partial charge in [-0.25, -0.2) is 0 Å². The second-order valence-electron chi connectivity index (χ2n) is 5.21. The summed E-state index contributed by atoms with van der Waals surface area (Å²) in [5, 5.41) is 6.04. The summed E-state index contributed by atoms with van der Waals surface area (Å²) < 4.78 is 5.22. The molecule has 2 fully saturated rings. The van der Waals surface area contributed by atoms with Crippen LogP contribution in [-0.4, -0.2) is 62.1 Å². The van der Waals surface area contributed by atoms with Crippen LogP contribution in [0, 0.1) is 5.92 Å². The van der Waals surface area contributed by atoms with Crippen LogP contribution in [0.4, 0.5) is 0 Å². The van der Waals surface area contributed by atoms with Gasteiger partial charge in [0.05, 0.1) is 19.1 Å². The van der Waals surface area contributed by atoms with Crippen LogP contribution in [0.15, 0.2) is 0 Å². The SMILES string of the molecule is CC(NC(=O)[C@H]1CCCNC1)C(=O)N1CCOCC1. The molecule has 2 rings (SSSR count). The second kappa shape index (κ2) is 6.86. The largest absolute Gasteiger partial charge is 0.378 e. The number of piperidine rings is 1. The van der Waals surface area contributed by atoms with E-state index in [0.29, 0.717) is 32.8 Å². The summed E-state index contributed by atoms with van der Waals surface area (Å²) in [4.78, 5) is 26.0. The van der Waals surface area contributed by atoms with E-state index in [-0.39, 0.29) is 17.7 Å². The maximum Gasteiger partial charge on any atom is 0.245 e. The van der Waals surface area contributed by atoms with Gasteiger partial charge in [0.15, 0.2) is 0 Å².